The Hall–Kier alpha value is -2.20. The minimum atomic E-state index is -2.56. The van der Waals surface area contributed by atoms with E-state index in [9.17, 15) is 0 Å². The van der Waals surface area contributed by atoms with Crippen LogP contribution in [-0.2, 0) is 9.16 Å². The highest BCUT2D eigenvalue weighted by Crippen LogP contribution is 2.40. The van der Waals surface area contributed by atoms with Crippen LogP contribution >= 0.6 is 0 Å². The Labute approximate surface area is 189 Å². The van der Waals surface area contributed by atoms with Gasteiger partial charge in [0.25, 0.3) is 8.32 Å². The standard InChI is InChI=1S/C28H36O2Si/c1-7-9-20-27-22(3)25(26(8-2)30-27)21-29-31(28(4,5)6,23-16-12-10-13-17-23)24-18-14-11-15-19-24/h7-20,22,25-27H,1-2,21H2,3-6H3/b20-9-/t22-,25+,26-,27+/m0/s1. The van der Waals surface area contributed by atoms with E-state index in [0.717, 1.165) is 0 Å². The number of hydrogen-bond donors (Lipinski definition) is 0. The van der Waals surface area contributed by atoms with Gasteiger partial charge in [-0.15, -0.1) is 6.58 Å². The highest BCUT2D eigenvalue weighted by molar-refractivity contribution is 6.99. The monoisotopic (exact) mass is 432 g/mol. The molecular weight excluding hydrogens is 396 g/mol. The summed E-state index contributed by atoms with van der Waals surface area (Å²) in [5.41, 5.74) is 0. The fraction of sp³-hybridized carbons (Fsp3) is 0.357. The molecule has 0 aliphatic carbocycles. The molecule has 1 heterocycles. The molecule has 0 unspecified atom stereocenters. The molecule has 4 atom stereocenters. The van der Waals surface area contributed by atoms with Crippen LogP contribution in [0, 0.1) is 11.8 Å². The Morgan fingerprint density at radius 3 is 1.94 bits per heavy atom. The van der Waals surface area contributed by atoms with E-state index < -0.39 is 8.32 Å². The van der Waals surface area contributed by atoms with Gasteiger partial charge in [-0.25, -0.2) is 0 Å². The first-order valence-electron chi connectivity index (χ1n) is 11.2. The molecule has 2 aromatic rings. The predicted molar refractivity (Wildman–Crippen MR) is 134 cm³/mol. The lowest BCUT2D eigenvalue weighted by atomic mass is 9.89. The van der Waals surface area contributed by atoms with E-state index in [2.05, 4.69) is 108 Å². The van der Waals surface area contributed by atoms with Gasteiger partial charge in [0.05, 0.1) is 12.2 Å². The third-order valence-corrected chi connectivity index (χ3v) is 11.5. The fourth-order valence-electron chi connectivity index (χ4n) is 4.82. The van der Waals surface area contributed by atoms with Crippen molar-refractivity contribution < 1.29 is 9.16 Å². The molecule has 3 rings (SSSR count). The highest BCUT2D eigenvalue weighted by atomic mass is 28.4. The third kappa shape index (κ3) is 4.69. The Bertz CT molecular complexity index is 843. The molecule has 3 heteroatoms. The lowest BCUT2D eigenvalue weighted by molar-refractivity contribution is 0.0775. The lowest BCUT2D eigenvalue weighted by Gasteiger charge is -2.44. The number of allylic oxidation sites excluding steroid dienone is 2. The van der Waals surface area contributed by atoms with Crippen molar-refractivity contribution in [2.24, 2.45) is 11.8 Å². The van der Waals surface area contributed by atoms with Crippen molar-refractivity contribution in [2.75, 3.05) is 6.61 Å². The number of benzene rings is 2. The van der Waals surface area contributed by atoms with Gasteiger partial charge in [-0.3, -0.25) is 0 Å². The normalized spacial score (nSPS) is 24.4. The van der Waals surface area contributed by atoms with Crippen molar-refractivity contribution in [1.82, 2.24) is 0 Å². The average Bonchev–Trinajstić information content (AvgIpc) is 3.08. The number of rotatable bonds is 8. The van der Waals surface area contributed by atoms with Crippen LogP contribution in [-0.4, -0.2) is 27.1 Å². The summed E-state index contributed by atoms with van der Waals surface area (Å²) in [6.07, 6.45) is 7.81. The molecule has 1 saturated heterocycles. The molecule has 1 fully saturated rings. The van der Waals surface area contributed by atoms with E-state index in [1.165, 1.54) is 10.4 Å². The van der Waals surface area contributed by atoms with Gasteiger partial charge in [-0.1, -0.05) is 119 Å². The van der Waals surface area contributed by atoms with Crippen LogP contribution in [0.2, 0.25) is 5.04 Å². The van der Waals surface area contributed by atoms with Gasteiger partial charge in [-0.2, -0.15) is 0 Å². The van der Waals surface area contributed by atoms with Crippen molar-refractivity contribution >= 4 is 18.7 Å². The van der Waals surface area contributed by atoms with Crippen molar-refractivity contribution in [3.63, 3.8) is 0 Å². The Kier molecular flexibility index (Phi) is 7.53. The summed E-state index contributed by atoms with van der Waals surface area (Å²) in [6, 6.07) is 21.6. The minimum Gasteiger partial charge on any atom is -0.407 e. The van der Waals surface area contributed by atoms with E-state index in [1.54, 1.807) is 6.08 Å². The maximum atomic E-state index is 7.17. The van der Waals surface area contributed by atoms with Crippen molar-refractivity contribution in [3.8, 4) is 0 Å². The highest BCUT2D eigenvalue weighted by Gasteiger charge is 2.51. The second-order valence-corrected chi connectivity index (χ2v) is 13.7. The summed E-state index contributed by atoms with van der Waals surface area (Å²) in [7, 11) is -2.56. The zero-order valence-electron chi connectivity index (χ0n) is 19.3. The van der Waals surface area contributed by atoms with Gasteiger partial charge in [0.2, 0.25) is 0 Å². The first-order chi connectivity index (χ1) is 14.8. The summed E-state index contributed by atoms with van der Waals surface area (Å²) in [4.78, 5) is 0. The van der Waals surface area contributed by atoms with E-state index in [-0.39, 0.29) is 23.2 Å². The van der Waals surface area contributed by atoms with Gasteiger partial charge in [0.1, 0.15) is 0 Å². The van der Waals surface area contributed by atoms with Crippen LogP contribution in [0.4, 0.5) is 0 Å². The van der Waals surface area contributed by atoms with Gasteiger partial charge < -0.3 is 9.16 Å². The zero-order chi connectivity index (χ0) is 22.5. The molecule has 0 amide bonds. The van der Waals surface area contributed by atoms with Gasteiger partial charge >= 0.3 is 0 Å². The first-order valence-corrected chi connectivity index (χ1v) is 13.1. The summed E-state index contributed by atoms with van der Waals surface area (Å²) in [6.45, 7) is 17.7. The topological polar surface area (TPSA) is 18.5 Å². The molecule has 164 valence electrons. The smallest absolute Gasteiger partial charge is 0.261 e. The number of hydrogen-bond acceptors (Lipinski definition) is 2. The third-order valence-electron chi connectivity index (χ3n) is 6.51. The molecule has 1 aliphatic heterocycles. The lowest BCUT2D eigenvalue weighted by Crippen LogP contribution is -2.67. The summed E-state index contributed by atoms with van der Waals surface area (Å²) in [5, 5.41) is 2.57. The van der Waals surface area contributed by atoms with E-state index >= 15 is 0 Å². The molecule has 1 aliphatic rings. The molecule has 0 bridgehead atoms. The van der Waals surface area contributed by atoms with E-state index in [4.69, 9.17) is 9.16 Å². The van der Waals surface area contributed by atoms with Crippen molar-refractivity contribution in [2.45, 2.75) is 44.9 Å². The summed E-state index contributed by atoms with van der Waals surface area (Å²) >= 11 is 0. The first kappa shape index (κ1) is 23.5. The van der Waals surface area contributed by atoms with Crippen LogP contribution < -0.4 is 10.4 Å². The fourth-order valence-corrected chi connectivity index (χ4v) is 9.42. The number of ether oxygens (including phenoxy) is 1. The second-order valence-electron chi connectivity index (χ2n) is 9.42. The summed E-state index contributed by atoms with van der Waals surface area (Å²) in [5.74, 6) is 0.580. The predicted octanol–water partition coefficient (Wildman–Crippen LogP) is 5.51. The van der Waals surface area contributed by atoms with E-state index in [0.29, 0.717) is 12.5 Å². The van der Waals surface area contributed by atoms with Crippen LogP contribution in [0.1, 0.15) is 27.7 Å². The maximum absolute atomic E-state index is 7.17. The molecule has 0 saturated carbocycles. The molecule has 0 spiro atoms. The Morgan fingerprint density at radius 2 is 1.48 bits per heavy atom. The van der Waals surface area contributed by atoms with Crippen molar-refractivity contribution in [3.05, 3.63) is 98.1 Å². The van der Waals surface area contributed by atoms with Gasteiger partial charge in [0.15, 0.2) is 0 Å². The molecule has 2 aromatic carbocycles. The molecular formula is C28H36O2Si. The van der Waals surface area contributed by atoms with Gasteiger partial charge in [-0.05, 0) is 21.3 Å². The Balaban J connectivity index is 2.01. The van der Waals surface area contributed by atoms with E-state index in [1.807, 2.05) is 12.2 Å². The maximum Gasteiger partial charge on any atom is 0.261 e. The van der Waals surface area contributed by atoms with Crippen LogP contribution in [0.3, 0.4) is 0 Å². The Morgan fingerprint density at radius 1 is 0.935 bits per heavy atom. The van der Waals surface area contributed by atoms with Crippen molar-refractivity contribution in [1.29, 1.82) is 0 Å². The largest absolute Gasteiger partial charge is 0.407 e. The molecule has 0 aromatic heterocycles. The quantitative estimate of drug-likeness (QED) is 0.311. The van der Waals surface area contributed by atoms with Crippen LogP contribution in [0.15, 0.2) is 98.1 Å². The van der Waals surface area contributed by atoms with Crippen LogP contribution in [0.5, 0.6) is 0 Å². The molecule has 0 N–H and O–H groups in total. The molecule has 2 nitrogen and oxygen atoms in total. The minimum absolute atomic E-state index is 0.0207. The zero-order valence-corrected chi connectivity index (χ0v) is 20.3. The van der Waals surface area contributed by atoms with Gasteiger partial charge in [0, 0.05) is 12.5 Å². The average molecular weight is 433 g/mol. The summed E-state index contributed by atoms with van der Waals surface area (Å²) < 4.78 is 13.5. The van der Waals surface area contributed by atoms with Crippen LogP contribution in [0.25, 0.3) is 0 Å². The molecule has 31 heavy (non-hydrogen) atoms. The molecule has 0 radical (unpaired) electrons. The SMILES string of the molecule is C=C/C=C\[C@H]1O[C@@H](C=C)[C@H](CO[Si](c2ccccc2)(c2ccccc2)C(C)(C)C)[C@@H]1C. The second kappa shape index (κ2) is 9.95.